The minimum Gasteiger partial charge on any atom is -0.486 e. The van der Waals surface area contributed by atoms with Gasteiger partial charge in [0.25, 0.3) is 15.9 Å². The molecule has 1 amide bonds. The highest BCUT2D eigenvalue weighted by atomic mass is 32.2. The first-order valence-electron chi connectivity index (χ1n) is 11.4. The van der Waals surface area contributed by atoms with E-state index in [9.17, 15) is 13.2 Å². The predicted octanol–water partition coefficient (Wildman–Crippen LogP) is 4.49. The Balaban J connectivity index is 1.25. The fourth-order valence-corrected chi connectivity index (χ4v) is 6.07. The number of ether oxygens (including phenoxy) is 2. The molecular formula is C26H24N4O5S2. The van der Waals surface area contributed by atoms with Crippen LogP contribution in [0.2, 0.25) is 0 Å². The number of hydrogen-bond donors (Lipinski definition) is 2. The summed E-state index contributed by atoms with van der Waals surface area (Å²) in [7, 11) is -3.65. The highest BCUT2D eigenvalue weighted by molar-refractivity contribution is 7.94. The molecule has 0 fully saturated rings. The third-order valence-corrected chi connectivity index (χ3v) is 8.56. The molecule has 0 spiro atoms. The van der Waals surface area contributed by atoms with Gasteiger partial charge in [-0.25, -0.2) is 13.8 Å². The Morgan fingerprint density at radius 2 is 1.78 bits per heavy atom. The predicted molar refractivity (Wildman–Crippen MR) is 143 cm³/mol. The van der Waals surface area contributed by atoms with Crippen molar-refractivity contribution >= 4 is 39.2 Å². The Hall–Kier alpha value is -4.09. The summed E-state index contributed by atoms with van der Waals surface area (Å²) in [6, 6.07) is 17.1. The number of nitrogens with zero attached hydrogens (tertiary/aromatic N) is 2. The summed E-state index contributed by atoms with van der Waals surface area (Å²) >= 11 is 1.13. The Labute approximate surface area is 218 Å². The summed E-state index contributed by atoms with van der Waals surface area (Å²) in [6.45, 7) is 5.03. The summed E-state index contributed by atoms with van der Waals surface area (Å²) in [5.74, 6) is 1.03. The summed E-state index contributed by atoms with van der Waals surface area (Å²) in [5.41, 5.74) is 6.98. The van der Waals surface area contributed by atoms with Crippen LogP contribution in [0.3, 0.4) is 0 Å². The number of amides is 1. The maximum atomic E-state index is 12.5. The largest absolute Gasteiger partial charge is 0.486 e. The summed E-state index contributed by atoms with van der Waals surface area (Å²) < 4.78 is 40.8. The van der Waals surface area contributed by atoms with Crippen molar-refractivity contribution in [1.82, 2.24) is 9.99 Å². The number of nitrogens with one attached hydrogen (secondary N) is 2. The molecule has 0 saturated heterocycles. The van der Waals surface area contributed by atoms with Crippen LogP contribution in [0.15, 0.2) is 75.4 Å². The summed E-state index contributed by atoms with van der Waals surface area (Å²) in [5, 5.41) is 5.81. The Kier molecular flexibility index (Phi) is 6.72. The molecule has 2 aromatic heterocycles. The third-order valence-electron chi connectivity index (χ3n) is 5.78. The van der Waals surface area contributed by atoms with Crippen LogP contribution >= 0.6 is 11.3 Å². The molecule has 37 heavy (non-hydrogen) atoms. The van der Waals surface area contributed by atoms with Crippen LogP contribution in [0.1, 0.15) is 27.3 Å². The zero-order valence-corrected chi connectivity index (χ0v) is 21.7. The molecule has 5 rings (SSSR count). The molecule has 9 nitrogen and oxygen atoms in total. The number of aryl methyl sites for hydroxylation is 1. The number of carbonyl (C=O) groups excluding carboxylic acids is 1. The normalized spacial score (nSPS) is 13.0. The van der Waals surface area contributed by atoms with Crippen molar-refractivity contribution in [2.75, 3.05) is 17.9 Å². The SMILES string of the molecule is Cc1cc(/C=N/NC(=O)c2ccc(NS(=O)(=O)c3cccs3)cc2)c(C)n1-c1ccc2c(c1)OCCO2. The van der Waals surface area contributed by atoms with Crippen molar-refractivity contribution in [3.63, 3.8) is 0 Å². The van der Waals surface area contributed by atoms with Crippen LogP contribution in [-0.4, -0.2) is 38.3 Å². The van der Waals surface area contributed by atoms with E-state index < -0.39 is 15.9 Å². The number of hydrogen-bond acceptors (Lipinski definition) is 7. The monoisotopic (exact) mass is 536 g/mol. The second-order valence-corrected chi connectivity index (χ2v) is 11.2. The number of hydrazone groups is 1. The first-order valence-corrected chi connectivity index (χ1v) is 13.8. The van der Waals surface area contributed by atoms with Gasteiger partial charge in [-0.05, 0) is 67.8 Å². The maximum absolute atomic E-state index is 12.5. The molecule has 0 atom stereocenters. The minimum atomic E-state index is -3.65. The topological polar surface area (TPSA) is 111 Å². The zero-order valence-electron chi connectivity index (χ0n) is 20.1. The molecule has 4 aromatic rings. The van der Waals surface area contributed by atoms with Gasteiger partial charge in [0.2, 0.25) is 0 Å². The van der Waals surface area contributed by atoms with Gasteiger partial charge in [0.05, 0.1) is 6.21 Å². The molecule has 3 heterocycles. The van der Waals surface area contributed by atoms with Crippen molar-refractivity contribution in [3.05, 3.63) is 88.6 Å². The second kappa shape index (κ2) is 10.1. The average molecular weight is 537 g/mol. The van der Waals surface area contributed by atoms with Crippen LogP contribution in [0.5, 0.6) is 11.5 Å². The van der Waals surface area contributed by atoms with Gasteiger partial charge in [0.15, 0.2) is 11.5 Å². The van der Waals surface area contributed by atoms with Crippen LogP contribution < -0.4 is 19.6 Å². The van der Waals surface area contributed by atoms with Crippen molar-refractivity contribution < 1.29 is 22.7 Å². The molecule has 1 aliphatic rings. The molecule has 0 bridgehead atoms. The van der Waals surface area contributed by atoms with E-state index >= 15 is 0 Å². The fourth-order valence-electron chi connectivity index (χ4n) is 4.02. The van der Waals surface area contributed by atoms with E-state index in [1.54, 1.807) is 17.7 Å². The third kappa shape index (κ3) is 5.23. The molecular weight excluding hydrogens is 512 g/mol. The molecule has 2 N–H and O–H groups in total. The van der Waals surface area contributed by atoms with Gasteiger partial charge in [-0.2, -0.15) is 5.10 Å². The van der Waals surface area contributed by atoms with Gasteiger partial charge in [-0.1, -0.05) is 6.07 Å². The molecule has 1 aliphatic heterocycles. The lowest BCUT2D eigenvalue weighted by atomic mass is 10.2. The van der Waals surface area contributed by atoms with Crippen LogP contribution in [0.25, 0.3) is 5.69 Å². The van der Waals surface area contributed by atoms with Crippen molar-refractivity contribution in [2.24, 2.45) is 5.10 Å². The highest BCUT2D eigenvalue weighted by Gasteiger charge is 2.17. The number of aromatic nitrogens is 1. The number of fused-ring (bicyclic) bond motifs is 1. The van der Waals surface area contributed by atoms with Crippen LogP contribution in [0, 0.1) is 13.8 Å². The molecule has 190 valence electrons. The van der Waals surface area contributed by atoms with E-state index in [4.69, 9.17) is 9.47 Å². The lowest BCUT2D eigenvalue weighted by Crippen LogP contribution is -2.18. The number of sulfonamides is 1. The van der Waals surface area contributed by atoms with Crippen LogP contribution in [-0.2, 0) is 10.0 Å². The average Bonchev–Trinajstić information content (AvgIpc) is 3.53. The first-order chi connectivity index (χ1) is 17.8. The van der Waals surface area contributed by atoms with E-state index in [2.05, 4.69) is 19.8 Å². The van der Waals surface area contributed by atoms with E-state index in [0.29, 0.717) is 30.2 Å². The number of rotatable bonds is 7. The fraction of sp³-hybridized carbons (Fsp3) is 0.154. The minimum absolute atomic E-state index is 0.219. The number of anilines is 1. The second-order valence-electron chi connectivity index (χ2n) is 8.30. The molecule has 0 aliphatic carbocycles. The molecule has 0 saturated carbocycles. The number of benzene rings is 2. The van der Waals surface area contributed by atoms with Gasteiger partial charge < -0.3 is 14.0 Å². The first kappa shape index (κ1) is 24.6. The smallest absolute Gasteiger partial charge is 0.271 e. The summed E-state index contributed by atoms with van der Waals surface area (Å²) in [6.07, 6.45) is 1.60. The van der Waals surface area contributed by atoms with Gasteiger partial charge in [0, 0.05) is 40.0 Å². The van der Waals surface area contributed by atoms with Crippen molar-refractivity contribution in [3.8, 4) is 17.2 Å². The molecule has 11 heteroatoms. The zero-order chi connectivity index (χ0) is 26.0. The maximum Gasteiger partial charge on any atom is 0.271 e. The van der Waals surface area contributed by atoms with E-state index in [1.165, 1.54) is 30.3 Å². The Morgan fingerprint density at radius 3 is 2.51 bits per heavy atom. The van der Waals surface area contributed by atoms with Gasteiger partial charge >= 0.3 is 0 Å². The standard InChI is InChI=1S/C26H24N4O5S2/c1-17-14-20(18(2)30(17)22-9-10-23-24(15-22)35-12-11-34-23)16-27-28-26(31)19-5-7-21(8-6-19)29-37(32,33)25-4-3-13-36-25/h3-10,13-16,29H,11-12H2,1-2H3,(H,28,31)/b27-16+. The lowest BCUT2D eigenvalue weighted by Gasteiger charge is -2.20. The molecule has 0 unspecified atom stereocenters. The van der Waals surface area contributed by atoms with Gasteiger partial charge in [-0.15, -0.1) is 11.3 Å². The van der Waals surface area contributed by atoms with Gasteiger partial charge in [0.1, 0.15) is 17.4 Å². The molecule has 2 aromatic carbocycles. The quantitative estimate of drug-likeness (QED) is 0.267. The highest BCUT2D eigenvalue weighted by Crippen LogP contribution is 2.33. The molecule has 0 radical (unpaired) electrons. The van der Waals surface area contributed by atoms with E-state index in [1.807, 2.05) is 38.1 Å². The van der Waals surface area contributed by atoms with E-state index in [0.717, 1.165) is 39.7 Å². The Bertz CT molecular complexity index is 1570. The number of carbonyl (C=O) groups is 1. The van der Waals surface area contributed by atoms with Gasteiger partial charge in [-0.3, -0.25) is 9.52 Å². The van der Waals surface area contributed by atoms with Crippen molar-refractivity contribution in [2.45, 2.75) is 18.1 Å². The van der Waals surface area contributed by atoms with Crippen LogP contribution in [0.4, 0.5) is 5.69 Å². The number of thiophene rings is 1. The summed E-state index contributed by atoms with van der Waals surface area (Å²) in [4.78, 5) is 12.5. The lowest BCUT2D eigenvalue weighted by molar-refractivity contribution is 0.0955. The Morgan fingerprint density at radius 1 is 1.03 bits per heavy atom. The van der Waals surface area contributed by atoms with Crippen molar-refractivity contribution in [1.29, 1.82) is 0 Å². The van der Waals surface area contributed by atoms with E-state index in [-0.39, 0.29) is 4.21 Å².